The molecule has 2 N–H and O–H groups in total. The van der Waals surface area contributed by atoms with E-state index in [-0.39, 0.29) is 6.03 Å². The Morgan fingerprint density at radius 1 is 0.800 bits per heavy atom. The molecular formula is C25H30N4O. The molecule has 1 saturated heterocycles. The lowest BCUT2D eigenvalue weighted by Gasteiger charge is -2.36. The number of carbonyl (C=O) groups excluding carboxylic acids is 1. The zero-order valence-corrected chi connectivity index (χ0v) is 17.4. The summed E-state index contributed by atoms with van der Waals surface area (Å²) in [5, 5.41) is 8.36. The topological polar surface area (TPSA) is 47.6 Å². The summed E-state index contributed by atoms with van der Waals surface area (Å²) >= 11 is 0. The second-order valence-corrected chi connectivity index (χ2v) is 7.77. The van der Waals surface area contributed by atoms with E-state index in [2.05, 4.69) is 75.0 Å². The van der Waals surface area contributed by atoms with Crippen molar-refractivity contribution in [2.75, 3.05) is 44.2 Å². The van der Waals surface area contributed by atoms with Crippen LogP contribution in [0.25, 0.3) is 10.8 Å². The Morgan fingerprint density at radius 2 is 1.53 bits per heavy atom. The third-order valence-corrected chi connectivity index (χ3v) is 5.75. The lowest BCUT2D eigenvalue weighted by atomic mass is 10.0. The first-order valence-corrected chi connectivity index (χ1v) is 10.8. The lowest BCUT2D eigenvalue weighted by Crippen LogP contribution is -2.47. The van der Waals surface area contributed by atoms with Crippen LogP contribution in [-0.4, -0.2) is 50.2 Å². The van der Waals surface area contributed by atoms with E-state index in [0.29, 0.717) is 13.1 Å². The van der Waals surface area contributed by atoms with Crippen molar-refractivity contribution >= 4 is 22.5 Å². The standard InChI is InChI=1S/C25H30N4O/c30-25(27-20-22-10-6-9-21-8-4-5-13-24(21)22)26-14-7-15-28-16-18-29(19-17-28)23-11-2-1-3-12-23/h1-6,8-13H,7,14-20H2,(H2,26,27,30). The van der Waals surface area contributed by atoms with Crippen molar-refractivity contribution in [3.05, 3.63) is 78.4 Å². The molecule has 0 bridgehead atoms. The van der Waals surface area contributed by atoms with Gasteiger partial charge in [0.25, 0.3) is 0 Å². The van der Waals surface area contributed by atoms with Crippen LogP contribution in [0.3, 0.4) is 0 Å². The molecule has 2 amide bonds. The minimum absolute atomic E-state index is 0.100. The fourth-order valence-corrected chi connectivity index (χ4v) is 4.06. The van der Waals surface area contributed by atoms with Crippen molar-refractivity contribution in [2.24, 2.45) is 0 Å². The number of nitrogens with one attached hydrogen (secondary N) is 2. The summed E-state index contributed by atoms with van der Waals surface area (Å²) in [6.07, 6.45) is 0.965. The quantitative estimate of drug-likeness (QED) is 0.590. The molecule has 0 saturated carbocycles. The molecule has 3 aromatic rings. The van der Waals surface area contributed by atoms with Crippen molar-refractivity contribution in [3.63, 3.8) is 0 Å². The summed E-state index contributed by atoms with van der Waals surface area (Å²) in [6.45, 7) is 6.51. The van der Waals surface area contributed by atoms with Gasteiger partial charge < -0.3 is 15.5 Å². The van der Waals surface area contributed by atoms with Gasteiger partial charge in [-0.3, -0.25) is 4.90 Å². The summed E-state index contributed by atoms with van der Waals surface area (Å²) in [5.74, 6) is 0. The minimum Gasteiger partial charge on any atom is -0.369 e. The van der Waals surface area contributed by atoms with Gasteiger partial charge in [-0.2, -0.15) is 0 Å². The summed E-state index contributed by atoms with van der Waals surface area (Å²) in [4.78, 5) is 17.1. The summed E-state index contributed by atoms with van der Waals surface area (Å²) < 4.78 is 0. The van der Waals surface area contributed by atoms with Gasteiger partial charge in [0.1, 0.15) is 0 Å². The lowest BCUT2D eigenvalue weighted by molar-refractivity contribution is 0.235. The predicted octanol–water partition coefficient (Wildman–Crippen LogP) is 3.85. The normalized spacial score (nSPS) is 14.6. The van der Waals surface area contributed by atoms with Crippen LogP contribution in [0, 0.1) is 0 Å². The Labute approximate surface area is 178 Å². The fraction of sp³-hybridized carbons (Fsp3) is 0.320. The second kappa shape index (κ2) is 10.1. The Balaban J connectivity index is 1.13. The van der Waals surface area contributed by atoms with Gasteiger partial charge in [0.05, 0.1) is 0 Å². The van der Waals surface area contributed by atoms with E-state index in [0.717, 1.165) is 44.7 Å². The van der Waals surface area contributed by atoms with Crippen molar-refractivity contribution in [3.8, 4) is 0 Å². The largest absolute Gasteiger partial charge is 0.369 e. The Kier molecular flexibility index (Phi) is 6.83. The molecule has 156 valence electrons. The summed E-state index contributed by atoms with van der Waals surface area (Å²) in [6, 6.07) is 25.0. The number of para-hydroxylation sites is 1. The highest BCUT2D eigenvalue weighted by Gasteiger charge is 2.16. The van der Waals surface area contributed by atoms with Crippen LogP contribution in [0.4, 0.5) is 10.5 Å². The van der Waals surface area contributed by atoms with Gasteiger partial charge in [0.15, 0.2) is 0 Å². The monoisotopic (exact) mass is 402 g/mol. The van der Waals surface area contributed by atoms with Crippen LogP contribution in [0.2, 0.25) is 0 Å². The third-order valence-electron chi connectivity index (χ3n) is 5.75. The zero-order chi connectivity index (χ0) is 20.6. The Morgan fingerprint density at radius 3 is 2.37 bits per heavy atom. The van der Waals surface area contributed by atoms with Gasteiger partial charge in [-0.25, -0.2) is 4.79 Å². The SMILES string of the molecule is O=C(NCCCN1CCN(c2ccccc2)CC1)NCc1cccc2ccccc12. The van der Waals surface area contributed by atoms with Crippen LogP contribution in [0.5, 0.6) is 0 Å². The molecule has 5 nitrogen and oxygen atoms in total. The van der Waals surface area contributed by atoms with Crippen molar-refractivity contribution in [2.45, 2.75) is 13.0 Å². The number of nitrogens with zero attached hydrogens (tertiary/aromatic N) is 2. The first-order chi connectivity index (χ1) is 14.8. The second-order valence-electron chi connectivity index (χ2n) is 7.77. The molecule has 1 heterocycles. The number of benzene rings is 3. The van der Waals surface area contributed by atoms with Crippen molar-refractivity contribution in [1.29, 1.82) is 0 Å². The van der Waals surface area contributed by atoms with Gasteiger partial charge in [0, 0.05) is 45.0 Å². The molecule has 1 aliphatic rings. The van der Waals surface area contributed by atoms with E-state index in [1.54, 1.807) is 0 Å². The average molecular weight is 403 g/mol. The molecule has 0 unspecified atom stereocenters. The number of hydrogen-bond acceptors (Lipinski definition) is 3. The van der Waals surface area contributed by atoms with E-state index in [1.807, 2.05) is 18.2 Å². The maximum absolute atomic E-state index is 12.2. The molecule has 0 atom stereocenters. The molecule has 3 aromatic carbocycles. The van der Waals surface area contributed by atoms with Gasteiger partial charge in [-0.05, 0) is 41.4 Å². The molecule has 1 fully saturated rings. The number of fused-ring (bicyclic) bond motifs is 1. The maximum atomic E-state index is 12.2. The first kappa shape index (κ1) is 20.2. The minimum atomic E-state index is -0.100. The highest BCUT2D eigenvalue weighted by molar-refractivity contribution is 5.86. The highest BCUT2D eigenvalue weighted by Crippen LogP contribution is 2.18. The molecule has 1 aliphatic heterocycles. The number of hydrogen-bond donors (Lipinski definition) is 2. The van der Waals surface area contributed by atoms with Crippen LogP contribution >= 0.6 is 0 Å². The molecule has 30 heavy (non-hydrogen) atoms. The number of carbonyl (C=O) groups is 1. The number of urea groups is 1. The fourth-order valence-electron chi connectivity index (χ4n) is 4.06. The van der Waals surface area contributed by atoms with E-state index in [9.17, 15) is 4.79 Å². The molecule has 0 radical (unpaired) electrons. The van der Waals surface area contributed by atoms with Crippen molar-refractivity contribution in [1.82, 2.24) is 15.5 Å². The Bertz CT molecular complexity index is 946. The van der Waals surface area contributed by atoms with Gasteiger partial charge in [0.2, 0.25) is 0 Å². The molecule has 0 aromatic heterocycles. The van der Waals surface area contributed by atoms with E-state index < -0.39 is 0 Å². The summed E-state index contributed by atoms with van der Waals surface area (Å²) in [7, 11) is 0. The molecule has 5 heteroatoms. The third kappa shape index (κ3) is 5.30. The first-order valence-electron chi connectivity index (χ1n) is 10.8. The smallest absolute Gasteiger partial charge is 0.315 e. The van der Waals surface area contributed by atoms with Crippen LogP contribution < -0.4 is 15.5 Å². The highest BCUT2D eigenvalue weighted by atomic mass is 16.2. The van der Waals surface area contributed by atoms with Gasteiger partial charge >= 0.3 is 6.03 Å². The number of anilines is 1. The van der Waals surface area contributed by atoms with E-state index in [1.165, 1.54) is 16.5 Å². The van der Waals surface area contributed by atoms with E-state index >= 15 is 0 Å². The van der Waals surface area contributed by atoms with Crippen molar-refractivity contribution < 1.29 is 4.79 Å². The van der Waals surface area contributed by atoms with Gasteiger partial charge in [-0.1, -0.05) is 60.7 Å². The molecule has 0 aliphatic carbocycles. The van der Waals surface area contributed by atoms with Crippen LogP contribution in [0.1, 0.15) is 12.0 Å². The van der Waals surface area contributed by atoms with E-state index in [4.69, 9.17) is 0 Å². The average Bonchev–Trinajstić information content (AvgIpc) is 2.81. The Hall–Kier alpha value is -3.05. The molecule has 0 spiro atoms. The zero-order valence-electron chi connectivity index (χ0n) is 17.4. The number of amides is 2. The van der Waals surface area contributed by atoms with Gasteiger partial charge in [-0.15, -0.1) is 0 Å². The number of rotatable bonds is 7. The maximum Gasteiger partial charge on any atom is 0.315 e. The predicted molar refractivity (Wildman–Crippen MR) is 124 cm³/mol. The molecular weight excluding hydrogens is 372 g/mol. The summed E-state index contributed by atoms with van der Waals surface area (Å²) in [5.41, 5.74) is 2.45. The number of piperazine rings is 1. The van der Waals surface area contributed by atoms with Crippen LogP contribution in [-0.2, 0) is 6.54 Å². The molecule has 4 rings (SSSR count). The van der Waals surface area contributed by atoms with Crippen LogP contribution in [0.15, 0.2) is 72.8 Å².